The van der Waals surface area contributed by atoms with Gasteiger partial charge in [-0.2, -0.15) is 0 Å². The van der Waals surface area contributed by atoms with Crippen molar-refractivity contribution >= 4 is 23.7 Å². The molecule has 0 saturated carbocycles. The molecular formula is C11H12O4S. The summed E-state index contributed by atoms with van der Waals surface area (Å²) in [6.07, 6.45) is 0. The van der Waals surface area contributed by atoms with Gasteiger partial charge in [0.2, 0.25) is 0 Å². The van der Waals surface area contributed by atoms with E-state index < -0.39 is 11.9 Å². The Kier molecular flexibility index (Phi) is 4.37. The number of methoxy groups -OCH3 is 1. The van der Waals surface area contributed by atoms with Crippen LogP contribution in [0.2, 0.25) is 0 Å². The molecule has 4 nitrogen and oxygen atoms in total. The Morgan fingerprint density at radius 3 is 2.69 bits per heavy atom. The lowest BCUT2D eigenvalue weighted by Crippen LogP contribution is -2.05. The first-order valence-corrected chi connectivity index (χ1v) is 5.57. The van der Waals surface area contributed by atoms with Gasteiger partial charge in [-0.05, 0) is 24.6 Å². The van der Waals surface area contributed by atoms with Gasteiger partial charge in [0.25, 0.3) is 0 Å². The first kappa shape index (κ1) is 12.6. The monoisotopic (exact) mass is 240 g/mol. The molecule has 0 aliphatic carbocycles. The van der Waals surface area contributed by atoms with Crippen LogP contribution in [0.15, 0.2) is 23.1 Å². The highest BCUT2D eigenvalue weighted by molar-refractivity contribution is 8.00. The molecule has 0 aromatic heterocycles. The van der Waals surface area contributed by atoms with Crippen molar-refractivity contribution in [3.63, 3.8) is 0 Å². The second-order valence-corrected chi connectivity index (χ2v) is 4.12. The zero-order valence-electron chi connectivity index (χ0n) is 9.02. The minimum atomic E-state index is -0.882. The van der Waals surface area contributed by atoms with Crippen molar-refractivity contribution in [2.24, 2.45) is 0 Å². The summed E-state index contributed by atoms with van der Waals surface area (Å²) in [4.78, 5) is 22.6. The largest absolute Gasteiger partial charge is 0.481 e. The molecule has 1 aromatic rings. The molecule has 0 radical (unpaired) electrons. The van der Waals surface area contributed by atoms with Gasteiger partial charge in [-0.1, -0.05) is 6.07 Å². The number of carboxylic acid groups (broad SMARTS) is 1. The number of hydrogen-bond acceptors (Lipinski definition) is 4. The summed E-state index contributed by atoms with van der Waals surface area (Å²) in [5.41, 5.74) is 1.22. The predicted octanol–water partition coefficient (Wildman–Crippen LogP) is 1.96. The second kappa shape index (κ2) is 5.55. The second-order valence-electron chi connectivity index (χ2n) is 3.10. The summed E-state index contributed by atoms with van der Waals surface area (Å²) >= 11 is 1.19. The Bertz CT molecular complexity index is 414. The normalized spacial score (nSPS) is 9.88. The highest BCUT2D eigenvalue weighted by atomic mass is 32.2. The van der Waals surface area contributed by atoms with Crippen molar-refractivity contribution < 1.29 is 19.4 Å². The lowest BCUT2D eigenvalue weighted by atomic mass is 10.1. The third-order valence-electron chi connectivity index (χ3n) is 2.04. The van der Waals surface area contributed by atoms with Gasteiger partial charge in [0, 0.05) is 4.90 Å². The number of rotatable bonds is 4. The smallest absolute Gasteiger partial charge is 0.338 e. The van der Waals surface area contributed by atoms with Crippen molar-refractivity contribution in [3.8, 4) is 0 Å². The molecule has 1 aromatic carbocycles. The maximum atomic E-state index is 11.4. The van der Waals surface area contributed by atoms with Crippen LogP contribution >= 0.6 is 11.8 Å². The highest BCUT2D eigenvalue weighted by Gasteiger charge is 2.12. The summed E-state index contributed by atoms with van der Waals surface area (Å²) in [6.45, 7) is 1.77. The van der Waals surface area contributed by atoms with Crippen molar-refractivity contribution in [3.05, 3.63) is 29.3 Å². The van der Waals surface area contributed by atoms with E-state index in [9.17, 15) is 9.59 Å². The van der Waals surface area contributed by atoms with E-state index in [-0.39, 0.29) is 5.75 Å². The standard InChI is InChI=1S/C11H12O4S/c1-7-8(11(14)15-2)4-3-5-9(7)16-6-10(12)13/h3-5H,6H2,1-2H3,(H,12,13). The van der Waals surface area contributed by atoms with Gasteiger partial charge in [-0.3, -0.25) is 4.79 Å². The Morgan fingerprint density at radius 2 is 2.12 bits per heavy atom. The average Bonchev–Trinajstić information content (AvgIpc) is 2.26. The molecule has 0 fully saturated rings. The zero-order valence-corrected chi connectivity index (χ0v) is 9.84. The first-order valence-electron chi connectivity index (χ1n) is 4.58. The number of carbonyl (C=O) groups is 2. The molecule has 86 valence electrons. The van der Waals surface area contributed by atoms with Gasteiger partial charge in [0.1, 0.15) is 0 Å². The lowest BCUT2D eigenvalue weighted by Gasteiger charge is -2.08. The van der Waals surface area contributed by atoms with Gasteiger partial charge in [-0.15, -0.1) is 11.8 Å². The summed E-state index contributed by atoms with van der Waals surface area (Å²) in [6, 6.07) is 5.16. The molecule has 5 heteroatoms. The van der Waals surface area contributed by atoms with E-state index in [0.29, 0.717) is 5.56 Å². The third-order valence-corrected chi connectivity index (χ3v) is 3.19. The van der Waals surface area contributed by atoms with Crippen molar-refractivity contribution in [1.82, 2.24) is 0 Å². The van der Waals surface area contributed by atoms with Crippen molar-refractivity contribution in [2.75, 3.05) is 12.9 Å². The van der Waals surface area contributed by atoms with E-state index >= 15 is 0 Å². The van der Waals surface area contributed by atoms with E-state index in [1.54, 1.807) is 25.1 Å². The Hall–Kier alpha value is -1.49. The molecule has 0 atom stereocenters. The minimum Gasteiger partial charge on any atom is -0.481 e. The molecule has 0 aliphatic heterocycles. The third kappa shape index (κ3) is 3.00. The topological polar surface area (TPSA) is 63.6 Å². The first-order chi connectivity index (χ1) is 7.56. The number of aliphatic carboxylic acids is 1. The van der Waals surface area contributed by atoms with Gasteiger partial charge < -0.3 is 9.84 Å². The molecule has 0 unspecified atom stereocenters. The van der Waals surface area contributed by atoms with Gasteiger partial charge in [0.15, 0.2) is 0 Å². The van der Waals surface area contributed by atoms with Crippen LogP contribution in [0, 0.1) is 6.92 Å². The molecule has 0 aliphatic rings. The maximum Gasteiger partial charge on any atom is 0.338 e. The quantitative estimate of drug-likeness (QED) is 0.643. The fraction of sp³-hybridized carbons (Fsp3) is 0.273. The van der Waals surface area contributed by atoms with Gasteiger partial charge in [0.05, 0.1) is 18.4 Å². The van der Waals surface area contributed by atoms with Crippen LogP contribution in [0.3, 0.4) is 0 Å². The van der Waals surface area contributed by atoms with Crippen LogP contribution in [0.1, 0.15) is 15.9 Å². The Balaban J connectivity index is 2.94. The maximum absolute atomic E-state index is 11.4. The van der Waals surface area contributed by atoms with Crippen molar-refractivity contribution in [2.45, 2.75) is 11.8 Å². The molecule has 1 rings (SSSR count). The average molecular weight is 240 g/mol. The van der Waals surface area contributed by atoms with Crippen LogP contribution in [0.4, 0.5) is 0 Å². The molecule has 16 heavy (non-hydrogen) atoms. The number of benzene rings is 1. The summed E-state index contributed by atoms with van der Waals surface area (Å²) < 4.78 is 4.63. The number of carboxylic acids is 1. The molecule has 0 spiro atoms. The van der Waals surface area contributed by atoms with Crippen LogP contribution in [-0.2, 0) is 9.53 Å². The van der Waals surface area contributed by atoms with E-state index in [0.717, 1.165) is 10.5 Å². The Morgan fingerprint density at radius 1 is 1.44 bits per heavy atom. The predicted molar refractivity (Wildman–Crippen MR) is 60.9 cm³/mol. The SMILES string of the molecule is COC(=O)c1cccc(SCC(=O)O)c1C. The molecule has 0 saturated heterocycles. The molecule has 1 N–H and O–H groups in total. The van der Waals surface area contributed by atoms with Gasteiger partial charge in [-0.25, -0.2) is 4.79 Å². The molecule has 0 heterocycles. The van der Waals surface area contributed by atoms with Crippen LogP contribution < -0.4 is 0 Å². The lowest BCUT2D eigenvalue weighted by molar-refractivity contribution is -0.133. The highest BCUT2D eigenvalue weighted by Crippen LogP contribution is 2.25. The van der Waals surface area contributed by atoms with E-state index in [1.807, 2.05) is 0 Å². The van der Waals surface area contributed by atoms with E-state index in [4.69, 9.17) is 5.11 Å². The number of thioether (sulfide) groups is 1. The minimum absolute atomic E-state index is 0.0224. The molecule has 0 bridgehead atoms. The summed E-state index contributed by atoms with van der Waals surface area (Å²) in [7, 11) is 1.32. The van der Waals surface area contributed by atoms with Crippen LogP contribution in [0.25, 0.3) is 0 Å². The van der Waals surface area contributed by atoms with Crippen LogP contribution in [0.5, 0.6) is 0 Å². The number of esters is 1. The summed E-state index contributed by atoms with van der Waals surface area (Å²) in [5, 5.41) is 8.58. The fourth-order valence-electron chi connectivity index (χ4n) is 1.24. The van der Waals surface area contributed by atoms with E-state index in [1.165, 1.54) is 18.9 Å². The van der Waals surface area contributed by atoms with Crippen LogP contribution in [-0.4, -0.2) is 29.9 Å². The number of carbonyl (C=O) groups excluding carboxylic acids is 1. The fourth-order valence-corrected chi connectivity index (χ4v) is 2.02. The molecule has 0 amide bonds. The number of ether oxygens (including phenoxy) is 1. The van der Waals surface area contributed by atoms with E-state index in [2.05, 4.69) is 4.74 Å². The zero-order chi connectivity index (χ0) is 12.1. The Labute approximate surface area is 97.6 Å². The summed E-state index contributed by atoms with van der Waals surface area (Å²) in [5.74, 6) is -1.31. The molecular weight excluding hydrogens is 228 g/mol. The van der Waals surface area contributed by atoms with Crippen molar-refractivity contribution in [1.29, 1.82) is 0 Å². The van der Waals surface area contributed by atoms with Gasteiger partial charge >= 0.3 is 11.9 Å². The number of hydrogen-bond donors (Lipinski definition) is 1.